The lowest BCUT2D eigenvalue weighted by Crippen LogP contribution is -2.15. The zero-order valence-corrected chi connectivity index (χ0v) is 13.8. The van der Waals surface area contributed by atoms with Gasteiger partial charge in [-0.3, -0.25) is 0 Å². The van der Waals surface area contributed by atoms with Crippen LogP contribution in [0.4, 0.5) is 0 Å². The molecule has 0 heterocycles. The van der Waals surface area contributed by atoms with Crippen molar-refractivity contribution in [1.29, 1.82) is 0 Å². The maximum absolute atomic E-state index is 5.49. The number of ether oxygens (including phenoxy) is 1. The minimum atomic E-state index is 0.764. The molecule has 1 fully saturated rings. The van der Waals surface area contributed by atoms with Crippen LogP contribution in [-0.4, -0.2) is 18.9 Å². The van der Waals surface area contributed by atoms with Crippen LogP contribution in [0, 0.1) is 5.92 Å². The van der Waals surface area contributed by atoms with E-state index in [2.05, 4.69) is 37.4 Å². The SMILES string of the molecule is CCC(C)CSCc1cc(CNC2CC2)ccc1OC. The van der Waals surface area contributed by atoms with E-state index in [0.717, 1.165) is 30.0 Å². The van der Waals surface area contributed by atoms with Crippen molar-refractivity contribution in [3.05, 3.63) is 29.3 Å². The molecule has 0 saturated heterocycles. The molecule has 1 aromatic rings. The largest absolute Gasteiger partial charge is 0.496 e. The van der Waals surface area contributed by atoms with Gasteiger partial charge in [-0.2, -0.15) is 11.8 Å². The Morgan fingerprint density at radius 2 is 2.20 bits per heavy atom. The standard InChI is InChI=1S/C17H27NOS/c1-4-13(2)11-20-12-15-9-14(5-8-17(15)19-3)10-18-16-6-7-16/h5,8-9,13,16,18H,4,6-7,10-12H2,1-3H3. The van der Waals surface area contributed by atoms with Gasteiger partial charge in [-0.05, 0) is 42.2 Å². The topological polar surface area (TPSA) is 21.3 Å². The Bertz CT molecular complexity index is 417. The fourth-order valence-electron chi connectivity index (χ4n) is 2.09. The summed E-state index contributed by atoms with van der Waals surface area (Å²) in [6.07, 6.45) is 3.94. The molecule has 20 heavy (non-hydrogen) atoms. The highest BCUT2D eigenvalue weighted by atomic mass is 32.2. The first-order valence-electron chi connectivity index (χ1n) is 7.69. The lowest BCUT2D eigenvalue weighted by molar-refractivity contribution is 0.411. The normalized spacial score (nSPS) is 16.1. The van der Waals surface area contributed by atoms with E-state index < -0.39 is 0 Å². The monoisotopic (exact) mass is 293 g/mol. The average molecular weight is 293 g/mol. The van der Waals surface area contributed by atoms with E-state index in [1.807, 2.05) is 11.8 Å². The second kappa shape index (κ2) is 7.94. The van der Waals surface area contributed by atoms with E-state index >= 15 is 0 Å². The van der Waals surface area contributed by atoms with Gasteiger partial charge in [-0.25, -0.2) is 0 Å². The average Bonchev–Trinajstić information content (AvgIpc) is 3.29. The second-order valence-corrected chi connectivity index (χ2v) is 6.86. The number of methoxy groups -OCH3 is 1. The van der Waals surface area contributed by atoms with Gasteiger partial charge in [-0.15, -0.1) is 0 Å². The fraction of sp³-hybridized carbons (Fsp3) is 0.647. The molecule has 1 aromatic carbocycles. The molecule has 1 atom stereocenters. The van der Waals surface area contributed by atoms with Crippen molar-refractivity contribution in [3.63, 3.8) is 0 Å². The number of thioether (sulfide) groups is 1. The predicted octanol–water partition coefficient (Wildman–Crippen LogP) is 4.23. The van der Waals surface area contributed by atoms with Gasteiger partial charge in [0.25, 0.3) is 0 Å². The number of nitrogens with one attached hydrogen (secondary N) is 1. The van der Waals surface area contributed by atoms with Crippen LogP contribution in [-0.2, 0) is 12.3 Å². The quantitative estimate of drug-likeness (QED) is 0.736. The first-order valence-corrected chi connectivity index (χ1v) is 8.85. The molecule has 1 N–H and O–H groups in total. The van der Waals surface area contributed by atoms with Gasteiger partial charge in [0.2, 0.25) is 0 Å². The van der Waals surface area contributed by atoms with Crippen molar-refractivity contribution in [3.8, 4) is 5.75 Å². The van der Waals surface area contributed by atoms with E-state index in [0.29, 0.717) is 0 Å². The molecular weight excluding hydrogens is 266 g/mol. The van der Waals surface area contributed by atoms with Crippen molar-refractivity contribution in [2.45, 2.75) is 51.4 Å². The van der Waals surface area contributed by atoms with Gasteiger partial charge in [-0.1, -0.05) is 26.3 Å². The number of benzene rings is 1. The minimum Gasteiger partial charge on any atom is -0.496 e. The van der Waals surface area contributed by atoms with Crippen LogP contribution >= 0.6 is 11.8 Å². The number of hydrogen-bond donors (Lipinski definition) is 1. The van der Waals surface area contributed by atoms with E-state index in [1.54, 1.807) is 7.11 Å². The highest BCUT2D eigenvalue weighted by Crippen LogP contribution is 2.26. The van der Waals surface area contributed by atoms with E-state index in [1.165, 1.54) is 36.1 Å². The fourth-order valence-corrected chi connectivity index (χ4v) is 3.29. The third-order valence-corrected chi connectivity index (χ3v) is 5.19. The van der Waals surface area contributed by atoms with Crippen molar-refractivity contribution >= 4 is 11.8 Å². The van der Waals surface area contributed by atoms with Crippen LogP contribution in [0.3, 0.4) is 0 Å². The molecule has 0 amide bonds. The first kappa shape index (κ1) is 15.7. The number of rotatable bonds is 9. The summed E-state index contributed by atoms with van der Waals surface area (Å²) in [7, 11) is 1.76. The Morgan fingerprint density at radius 3 is 2.85 bits per heavy atom. The molecule has 2 nitrogen and oxygen atoms in total. The van der Waals surface area contributed by atoms with Gasteiger partial charge in [0.1, 0.15) is 5.75 Å². The summed E-state index contributed by atoms with van der Waals surface area (Å²) in [5, 5.41) is 3.57. The number of hydrogen-bond acceptors (Lipinski definition) is 3. The molecule has 1 aliphatic carbocycles. The third kappa shape index (κ3) is 5.02. The Morgan fingerprint density at radius 1 is 1.40 bits per heavy atom. The highest BCUT2D eigenvalue weighted by Gasteiger charge is 2.20. The van der Waals surface area contributed by atoms with E-state index in [9.17, 15) is 0 Å². The summed E-state index contributed by atoms with van der Waals surface area (Å²) < 4.78 is 5.49. The maximum atomic E-state index is 5.49. The van der Waals surface area contributed by atoms with Crippen molar-refractivity contribution in [1.82, 2.24) is 5.32 Å². The molecule has 1 unspecified atom stereocenters. The summed E-state index contributed by atoms with van der Waals surface area (Å²) in [6.45, 7) is 5.56. The van der Waals surface area contributed by atoms with Crippen LogP contribution in [0.5, 0.6) is 5.75 Å². The van der Waals surface area contributed by atoms with Crippen LogP contribution in [0.25, 0.3) is 0 Å². The van der Waals surface area contributed by atoms with Crippen LogP contribution in [0.1, 0.15) is 44.2 Å². The molecule has 112 valence electrons. The van der Waals surface area contributed by atoms with Crippen molar-refractivity contribution in [2.75, 3.05) is 12.9 Å². The molecule has 0 aliphatic heterocycles. The molecule has 1 aliphatic rings. The summed E-state index contributed by atoms with van der Waals surface area (Å²) in [6, 6.07) is 7.36. The van der Waals surface area contributed by atoms with Crippen molar-refractivity contribution in [2.24, 2.45) is 5.92 Å². The van der Waals surface area contributed by atoms with Gasteiger partial charge in [0, 0.05) is 23.9 Å². The predicted molar refractivity (Wildman–Crippen MR) is 88.5 cm³/mol. The molecule has 0 aromatic heterocycles. The van der Waals surface area contributed by atoms with Crippen LogP contribution < -0.4 is 10.1 Å². The summed E-state index contributed by atoms with van der Waals surface area (Å²) in [5.74, 6) is 4.09. The lowest BCUT2D eigenvalue weighted by Gasteiger charge is -2.12. The smallest absolute Gasteiger partial charge is 0.122 e. The molecule has 0 bridgehead atoms. The van der Waals surface area contributed by atoms with Crippen molar-refractivity contribution < 1.29 is 4.74 Å². The Balaban J connectivity index is 1.90. The Hall–Kier alpha value is -0.670. The minimum absolute atomic E-state index is 0.764. The summed E-state index contributed by atoms with van der Waals surface area (Å²) >= 11 is 2.01. The highest BCUT2D eigenvalue weighted by molar-refractivity contribution is 7.98. The Labute approximate surface area is 127 Å². The van der Waals surface area contributed by atoms with E-state index in [4.69, 9.17) is 4.74 Å². The van der Waals surface area contributed by atoms with Gasteiger partial charge in [0.05, 0.1) is 7.11 Å². The molecule has 1 saturated carbocycles. The zero-order valence-electron chi connectivity index (χ0n) is 12.9. The van der Waals surface area contributed by atoms with Gasteiger partial charge in [0.15, 0.2) is 0 Å². The molecule has 2 rings (SSSR count). The van der Waals surface area contributed by atoms with Gasteiger partial charge >= 0.3 is 0 Å². The second-order valence-electron chi connectivity index (χ2n) is 5.83. The Kier molecular flexibility index (Phi) is 6.24. The van der Waals surface area contributed by atoms with Crippen LogP contribution in [0.2, 0.25) is 0 Å². The third-order valence-electron chi connectivity index (χ3n) is 3.87. The van der Waals surface area contributed by atoms with E-state index in [-0.39, 0.29) is 0 Å². The zero-order chi connectivity index (χ0) is 14.4. The van der Waals surface area contributed by atoms with Crippen LogP contribution in [0.15, 0.2) is 18.2 Å². The first-order chi connectivity index (χ1) is 9.72. The van der Waals surface area contributed by atoms with Gasteiger partial charge < -0.3 is 10.1 Å². The lowest BCUT2D eigenvalue weighted by atomic mass is 10.1. The molecular formula is C17H27NOS. The molecule has 3 heteroatoms. The maximum Gasteiger partial charge on any atom is 0.122 e. The summed E-state index contributed by atoms with van der Waals surface area (Å²) in [5.41, 5.74) is 2.70. The summed E-state index contributed by atoms with van der Waals surface area (Å²) in [4.78, 5) is 0. The molecule has 0 spiro atoms. The molecule has 0 radical (unpaired) electrons.